The molecule has 0 aliphatic heterocycles. The Morgan fingerprint density at radius 1 is 0.780 bits per heavy atom. The number of carbonyl (C=O) groups is 3. The quantitative estimate of drug-likeness (QED) is 0.356. The number of hydrogen-bond donors (Lipinski definition) is 1. The number of esters is 2. The normalized spacial score (nSPS) is 47.0. The van der Waals surface area contributed by atoms with Crippen LogP contribution in [-0.2, 0) is 23.9 Å². The summed E-state index contributed by atoms with van der Waals surface area (Å²) in [6, 6.07) is 0.121. The first kappa shape index (κ1) is 30.9. The van der Waals surface area contributed by atoms with Crippen molar-refractivity contribution in [3.05, 3.63) is 0 Å². The monoisotopic (exact) mass is 571 g/mol. The Labute approximate surface area is 248 Å². The van der Waals surface area contributed by atoms with E-state index in [0.29, 0.717) is 36.2 Å². The topological polar surface area (TPSA) is 81.7 Å². The Hall–Kier alpha value is -1.59. The number of ether oxygens (including phenoxy) is 2. The molecule has 0 aromatic rings. The zero-order valence-corrected chi connectivity index (χ0v) is 27.4. The largest absolute Gasteiger partial charge is 0.465 e. The van der Waals surface area contributed by atoms with Gasteiger partial charge in [-0.05, 0) is 117 Å². The van der Waals surface area contributed by atoms with Gasteiger partial charge in [0.05, 0.1) is 6.61 Å². The van der Waals surface area contributed by atoms with Gasteiger partial charge >= 0.3 is 11.9 Å². The second-order valence-electron chi connectivity index (χ2n) is 16.5. The van der Waals surface area contributed by atoms with Gasteiger partial charge < -0.3 is 14.8 Å². The molecular formula is C35H57NO5. The van der Waals surface area contributed by atoms with E-state index in [4.69, 9.17) is 9.47 Å². The van der Waals surface area contributed by atoms with Gasteiger partial charge in [-0.25, -0.2) is 0 Å². The summed E-state index contributed by atoms with van der Waals surface area (Å²) in [6.45, 7) is 20.0. The predicted molar refractivity (Wildman–Crippen MR) is 160 cm³/mol. The Balaban J connectivity index is 1.50. The van der Waals surface area contributed by atoms with E-state index in [1.807, 2.05) is 0 Å². The minimum atomic E-state index is -0.182. The van der Waals surface area contributed by atoms with Crippen molar-refractivity contribution in [3.63, 3.8) is 0 Å². The molecule has 0 aromatic heterocycles. The molecule has 0 heterocycles. The zero-order valence-electron chi connectivity index (χ0n) is 27.4. The fourth-order valence-corrected chi connectivity index (χ4v) is 12.7. The number of fused-ring (bicyclic) bond motifs is 7. The molecule has 11 atom stereocenters. The summed E-state index contributed by atoms with van der Waals surface area (Å²) in [7, 11) is 0. The van der Waals surface area contributed by atoms with Gasteiger partial charge in [0.1, 0.15) is 6.10 Å². The molecule has 6 heteroatoms. The Kier molecular flexibility index (Phi) is 7.72. The van der Waals surface area contributed by atoms with Crippen LogP contribution in [0, 0.1) is 56.7 Å². The molecular weight excluding hydrogens is 514 g/mol. The minimum absolute atomic E-state index is 0.000408. The third-order valence-electron chi connectivity index (χ3n) is 14.5. The standard InChI is InChI=1S/C35H57NO5/c1-21(36-22(2)37)25-12-17-35(20-40-23(3)38)19-18-33(8)26(30(25)35)10-11-28-32(7)15-14-29(41-24(4)39)31(5,6)27(32)13-16-34(28,33)9/h21,25-30H,10-20H2,1-9H3,(H,36,37)/t21-,25-,26-,27-,28+,29-,30-,32+,33-,34-,35-/m0/s1. The first-order valence-corrected chi connectivity index (χ1v) is 16.6. The average molecular weight is 572 g/mol. The predicted octanol–water partition coefficient (Wildman–Crippen LogP) is 7.09. The number of hydrogen-bond acceptors (Lipinski definition) is 5. The summed E-state index contributed by atoms with van der Waals surface area (Å²) in [5, 5.41) is 3.26. The van der Waals surface area contributed by atoms with Gasteiger partial charge in [-0.1, -0.05) is 34.6 Å². The van der Waals surface area contributed by atoms with Gasteiger partial charge in [0.25, 0.3) is 0 Å². The van der Waals surface area contributed by atoms with E-state index >= 15 is 0 Å². The smallest absolute Gasteiger partial charge is 0.302 e. The molecule has 0 aromatic carbocycles. The van der Waals surface area contributed by atoms with Crippen LogP contribution in [0.5, 0.6) is 0 Å². The van der Waals surface area contributed by atoms with Crippen molar-refractivity contribution >= 4 is 17.8 Å². The summed E-state index contributed by atoms with van der Waals surface area (Å²) in [6.07, 6.45) is 11.4. The first-order chi connectivity index (χ1) is 19.0. The molecule has 0 saturated heterocycles. The van der Waals surface area contributed by atoms with Crippen molar-refractivity contribution in [2.24, 2.45) is 56.7 Å². The third-order valence-corrected chi connectivity index (χ3v) is 14.5. The van der Waals surface area contributed by atoms with Crippen LogP contribution >= 0.6 is 0 Å². The van der Waals surface area contributed by atoms with Gasteiger partial charge in [0, 0.05) is 37.6 Å². The van der Waals surface area contributed by atoms with Crippen molar-refractivity contribution in [3.8, 4) is 0 Å². The molecule has 5 saturated carbocycles. The van der Waals surface area contributed by atoms with Crippen LogP contribution in [0.1, 0.15) is 127 Å². The molecule has 0 bridgehead atoms. The first-order valence-electron chi connectivity index (χ1n) is 16.6. The van der Waals surface area contributed by atoms with Crippen molar-refractivity contribution in [1.82, 2.24) is 5.32 Å². The molecule has 5 aliphatic carbocycles. The molecule has 1 amide bonds. The lowest BCUT2D eigenvalue weighted by Gasteiger charge is -2.73. The number of carbonyl (C=O) groups excluding carboxylic acids is 3. The molecule has 0 spiro atoms. The lowest BCUT2D eigenvalue weighted by molar-refractivity contribution is -0.253. The third kappa shape index (κ3) is 4.58. The van der Waals surface area contributed by atoms with E-state index in [2.05, 4.69) is 46.9 Å². The molecule has 5 rings (SSSR count). The van der Waals surface area contributed by atoms with Gasteiger partial charge in [0.2, 0.25) is 5.91 Å². The van der Waals surface area contributed by atoms with Gasteiger partial charge in [0.15, 0.2) is 0 Å². The van der Waals surface area contributed by atoms with Gasteiger partial charge in [-0.15, -0.1) is 0 Å². The minimum Gasteiger partial charge on any atom is -0.465 e. The molecule has 5 aliphatic rings. The van der Waals surface area contributed by atoms with E-state index in [0.717, 1.165) is 32.1 Å². The van der Waals surface area contributed by atoms with Crippen molar-refractivity contribution < 1.29 is 23.9 Å². The van der Waals surface area contributed by atoms with Crippen LogP contribution in [0.2, 0.25) is 0 Å². The highest BCUT2D eigenvalue weighted by molar-refractivity contribution is 5.73. The molecule has 6 nitrogen and oxygen atoms in total. The molecule has 1 N–H and O–H groups in total. The van der Waals surface area contributed by atoms with Crippen LogP contribution in [0.3, 0.4) is 0 Å². The van der Waals surface area contributed by atoms with Crippen molar-refractivity contribution in [1.29, 1.82) is 0 Å². The van der Waals surface area contributed by atoms with Crippen molar-refractivity contribution in [2.45, 2.75) is 139 Å². The Morgan fingerprint density at radius 3 is 2.12 bits per heavy atom. The van der Waals surface area contributed by atoms with E-state index in [1.54, 1.807) is 13.8 Å². The van der Waals surface area contributed by atoms with Crippen molar-refractivity contribution in [2.75, 3.05) is 6.61 Å². The maximum atomic E-state index is 12.1. The Bertz CT molecular complexity index is 1070. The molecule has 232 valence electrons. The summed E-state index contributed by atoms with van der Waals surface area (Å²) in [4.78, 5) is 36.1. The maximum Gasteiger partial charge on any atom is 0.302 e. The van der Waals surface area contributed by atoms with Gasteiger partial charge in [-0.2, -0.15) is 0 Å². The number of nitrogens with one attached hydrogen (secondary N) is 1. The van der Waals surface area contributed by atoms with E-state index in [9.17, 15) is 14.4 Å². The van der Waals surface area contributed by atoms with E-state index < -0.39 is 0 Å². The molecule has 0 radical (unpaired) electrons. The van der Waals surface area contributed by atoms with Crippen LogP contribution in [-0.4, -0.2) is 36.6 Å². The second kappa shape index (κ2) is 10.3. The molecule has 41 heavy (non-hydrogen) atoms. The summed E-state index contributed by atoms with van der Waals surface area (Å²) >= 11 is 0. The Morgan fingerprint density at radius 2 is 1.49 bits per heavy atom. The average Bonchev–Trinajstić information content (AvgIpc) is 3.24. The summed E-state index contributed by atoms with van der Waals surface area (Å²) in [5.74, 6) is 2.30. The van der Waals surface area contributed by atoms with Gasteiger partial charge in [-0.3, -0.25) is 14.4 Å². The number of amides is 1. The maximum absolute atomic E-state index is 12.1. The van der Waals surface area contributed by atoms with Crippen LogP contribution in [0.15, 0.2) is 0 Å². The lowest BCUT2D eigenvalue weighted by atomic mass is 9.32. The molecule has 0 unspecified atom stereocenters. The second-order valence-corrected chi connectivity index (χ2v) is 16.5. The SMILES string of the molecule is CC(=O)N[C@@H](C)[C@@H]1CC[C@@]2(COC(C)=O)CC[C@@]3(C)[C@@H](CC[C@@H]4[C@]5(C)CC[C@H](OC(C)=O)C(C)(C)[C@@H]5CC[C@@]43C)[C@H]12. The van der Waals surface area contributed by atoms with Crippen LogP contribution in [0.4, 0.5) is 0 Å². The fourth-order valence-electron chi connectivity index (χ4n) is 12.7. The lowest BCUT2D eigenvalue weighted by Crippen LogP contribution is -2.67. The van der Waals surface area contributed by atoms with E-state index in [-0.39, 0.29) is 57.1 Å². The number of rotatable bonds is 5. The fraction of sp³-hybridized carbons (Fsp3) is 0.914. The highest BCUT2D eigenvalue weighted by Gasteiger charge is 2.71. The highest BCUT2D eigenvalue weighted by Crippen LogP contribution is 2.77. The van der Waals surface area contributed by atoms with Crippen LogP contribution < -0.4 is 5.32 Å². The summed E-state index contributed by atoms with van der Waals surface area (Å²) in [5.41, 5.74) is 0.634. The van der Waals surface area contributed by atoms with E-state index in [1.165, 1.54) is 39.0 Å². The molecule has 5 fully saturated rings. The van der Waals surface area contributed by atoms with Crippen LogP contribution in [0.25, 0.3) is 0 Å². The highest BCUT2D eigenvalue weighted by atomic mass is 16.5. The summed E-state index contributed by atoms with van der Waals surface area (Å²) < 4.78 is 11.7. The zero-order chi connectivity index (χ0) is 30.2.